The van der Waals surface area contributed by atoms with Gasteiger partial charge >= 0.3 is 0 Å². The second kappa shape index (κ2) is 3.24. The Bertz CT molecular complexity index is 135. The van der Waals surface area contributed by atoms with Crippen molar-refractivity contribution in [3.63, 3.8) is 0 Å². The fourth-order valence-electron chi connectivity index (χ4n) is 0.0773. The Hall–Kier alpha value is 0.760. The molecule has 0 aromatic carbocycles. The van der Waals surface area contributed by atoms with Gasteiger partial charge in [-0.3, -0.25) is 0 Å². The Morgan fingerprint density at radius 2 is 1.33 bits per heavy atom. The standard InChI is InChI=1S/C5H6Cl2S2/c1-5(2,3(6)8)4(7)9/h1-2H3. The first kappa shape index (κ1) is 9.76. The van der Waals surface area contributed by atoms with E-state index in [1.807, 2.05) is 0 Å². The molecule has 0 saturated heterocycles. The van der Waals surface area contributed by atoms with Crippen LogP contribution in [0.5, 0.6) is 0 Å². The molecule has 0 aliphatic heterocycles. The van der Waals surface area contributed by atoms with Crippen molar-refractivity contribution in [1.29, 1.82) is 0 Å². The van der Waals surface area contributed by atoms with Crippen molar-refractivity contribution >= 4 is 56.3 Å². The van der Waals surface area contributed by atoms with Gasteiger partial charge in [-0.2, -0.15) is 0 Å². The average molecular weight is 201 g/mol. The molecule has 0 aliphatic rings. The molecule has 0 atom stereocenters. The third-order valence-electron chi connectivity index (χ3n) is 0.983. The van der Waals surface area contributed by atoms with Gasteiger partial charge in [0.05, 0.1) is 14.1 Å². The van der Waals surface area contributed by atoms with Gasteiger partial charge in [0, 0.05) is 0 Å². The highest BCUT2D eigenvalue weighted by Crippen LogP contribution is 2.24. The van der Waals surface area contributed by atoms with E-state index in [-0.39, 0.29) is 0 Å². The fourth-order valence-corrected chi connectivity index (χ4v) is 0.695. The lowest BCUT2D eigenvalue weighted by molar-refractivity contribution is 0.774. The molecule has 0 N–H and O–H groups in total. The van der Waals surface area contributed by atoms with E-state index < -0.39 is 5.41 Å². The summed E-state index contributed by atoms with van der Waals surface area (Å²) in [6.45, 7) is 3.58. The number of rotatable bonds is 2. The Morgan fingerprint density at radius 1 is 1.11 bits per heavy atom. The zero-order valence-electron chi connectivity index (χ0n) is 5.07. The molecule has 0 aromatic rings. The third kappa shape index (κ3) is 2.46. The zero-order chi connectivity index (χ0) is 7.65. The first-order chi connectivity index (χ1) is 3.89. The summed E-state index contributed by atoms with van der Waals surface area (Å²) in [4.78, 5) is 0. The molecule has 0 radical (unpaired) electrons. The second-order valence-electron chi connectivity index (χ2n) is 2.17. The predicted molar refractivity (Wildman–Crippen MR) is 50.7 cm³/mol. The van der Waals surface area contributed by atoms with Crippen molar-refractivity contribution in [3.8, 4) is 0 Å². The minimum atomic E-state index is -0.506. The van der Waals surface area contributed by atoms with E-state index in [2.05, 4.69) is 0 Å². The Balaban J connectivity index is 4.38. The van der Waals surface area contributed by atoms with Gasteiger partial charge in [0.1, 0.15) is 0 Å². The van der Waals surface area contributed by atoms with Crippen LogP contribution in [0.25, 0.3) is 0 Å². The van der Waals surface area contributed by atoms with Crippen LogP contribution in [0, 0.1) is 5.41 Å². The summed E-state index contributed by atoms with van der Waals surface area (Å²) < 4.78 is 0.616. The van der Waals surface area contributed by atoms with Crippen LogP contribution in [0.15, 0.2) is 0 Å². The summed E-state index contributed by atoms with van der Waals surface area (Å²) in [5, 5.41) is 0. The van der Waals surface area contributed by atoms with E-state index in [9.17, 15) is 0 Å². The molecule has 0 aromatic heterocycles. The summed E-state index contributed by atoms with van der Waals surface area (Å²) in [6.07, 6.45) is 0. The molecule has 0 aliphatic carbocycles. The molecule has 0 heterocycles. The van der Waals surface area contributed by atoms with Crippen LogP contribution in [0.1, 0.15) is 13.8 Å². The maximum atomic E-state index is 5.52. The zero-order valence-corrected chi connectivity index (χ0v) is 8.22. The lowest BCUT2D eigenvalue weighted by Gasteiger charge is -2.17. The lowest BCUT2D eigenvalue weighted by atomic mass is 10.00. The van der Waals surface area contributed by atoms with Gasteiger partial charge in [-0.1, -0.05) is 47.6 Å². The summed E-state index contributed by atoms with van der Waals surface area (Å²) in [5.41, 5.74) is -0.506. The number of halogens is 2. The Morgan fingerprint density at radius 3 is 1.33 bits per heavy atom. The molecular weight excluding hydrogens is 195 g/mol. The third-order valence-corrected chi connectivity index (χ3v) is 2.95. The van der Waals surface area contributed by atoms with Gasteiger partial charge in [0.25, 0.3) is 0 Å². The summed E-state index contributed by atoms with van der Waals surface area (Å²) >= 11 is 20.5. The van der Waals surface area contributed by atoms with Crippen LogP contribution in [-0.4, -0.2) is 8.65 Å². The van der Waals surface area contributed by atoms with Crippen molar-refractivity contribution in [1.82, 2.24) is 0 Å². The van der Waals surface area contributed by atoms with Crippen molar-refractivity contribution in [2.24, 2.45) is 5.41 Å². The molecule has 52 valence electrons. The van der Waals surface area contributed by atoms with Crippen molar-refractivity contribution in [2.75, 3.05) is 0 Å². The molecule has 4 heteroatoms. The smallest absolute Gasteiger partial charge is 0.0754 e. The molecule has 0 rings (SSSR count). The number of hydrogen-bond donors (Lipinski definition) is 0. The van der Waals surface area contributed by atoms with Crippen LogP contribution in [0.4, 0.5) is 0 Å². The largest absolute Gasteiger partial charge is 0.0926 e. The van der Waals surface area contributed by atoms with Crippen molar-refractivity contribution < 1.29 is 0 Å². The SMILES string of the molecule is CC(C)(C(=S)Cl)C(=S)Cl. The summed E-state index contributed by atoms with van der Waals surface area (Å²) in [5.74, 6) is 0. The maximum absolute atomic E-state index is 5.52. The Kier molecular flexibility index (Phi) is 3.51. The normalized spacial score (nSPS) is 11.1. The van der Waals surface area contributed by atoms with Gasteiger partial charge in [-0.05, 0) is 13.8 Å². The van der Waals surface area contributed by atoms with Gasteiger partial charge < -0.3 is 0 Å². The molecule has 0 bridgehead atoms. The van der Waals surface area contributed by atoms with Gasteiger partial charge in [0.15, 0.2) is 0 Å². The molecular formula is C5H6Cl2S2. The first-order valence-electron chi connectivity index (χ1n) is 2.29. The molecule has 0 spiro atoms. The molecule has 9 heavy (non-hydrogen) atoms. The Labute approximate surface area is 75.5 Å². The van der Waals surface area contributed by atoms with E-state index >= 15 is 0 Å². The van der Waals surface area contributed by atoms with E-state index in [0.717, 1.165) is 0 Å². The lowest BCUT2D eigenvalue weighted by Crippen LogP contribution is -2.23. The minimum Gasteiger partial charge on any atom is -0.0754 e. The number of hydrogen-bond acceptors (Lipinski definition) is 2. The van der Waals surface area contributed by atoms with Crippen LogP contribution >= 0.6 is 47.6 Å². The van der Waals surface area contributed by atoms with Crippen molar-refractivity contribution in [2.45, 2.75) is 13.8 Å². The minimum absolute atomic E-state index is 0.308. The van der Waals surface area contributed by atoms with Gasteiger partial charge in [0.2, 0.25) is 0 Å². The molecule has 0 nitrogen and oxygen atoms in total. The summed E-state index contributed by atoms with van der Waals surface area (Å²) in [6, 6.07) is 0. The van der Waals surface area contributed by atoms with Gasteiger partial charge in [-0.25, -0.2) is 0 Å². The molecule has 0 fully saturated rings. The fraction of sp³-hybridized carbons (Fsp3) is 0.600. The van der Waals surface area contributed by atoms with Crippen LogP contribution in [-0.2, 0) is 0 Å². The molecule has 0 saturated carbocycles. The van der Waals surface area contributed by atoms with Crippen LogP contribution in [0.3, 0.4) is 0 Å². The van der Waals surface area contributed by atoms with Crippen LogP contribution in [0.2, 0.25) is 0 Å². The van der Waals surface area contributed by atoms with E-state index in [0.29, 0.717) is 8.65 Å². The van der Waals surface area contributed by atoms with E-state index in [4.69, 9.17) is 47.6 Å². The average Bonchev–Trinajstić information content (AvgIpc) is 1.65. The highest BCUT2D eigenvalue weighted by Gasteiger charge is 2.25. The topological polar surface area (TPSA) is 0 Å². The second-order valence-corrected chi connectivity index (χ2v) is 4.19. The van der Waals surface area contributed by atoms with Crippen molar-refractivity contribution in [3.05, 3.63) is 0 Å². The summed E-state index contributed by atoms with van der Waals surface area (Å²) in [7, 11) is 0. The van der Waals surface area contributed by atoms with E-state index in [1.54, 1.807) is 13.8 Å². The van der Waals surface area contributed by atoms with Crippen LogP contribution < -0.4 is 0 Å². The highest BCUT2D eigenvalue weighted by atomic mass is 35.5. The highest BCUT2D eigenvalue weighted by molar-refractivity contribution is 7.85. The molecule has 0 unspecified atom stereocenters. The van der Waals surface area contributed by atoms with E-state index in [1.165, 1.54) is 0 Å². The predicted octanol–water partition coefficient (Wildman–Crippen LogP) is 3.15. The molecule has 0 amide bonds. The van der Waals surface area contributed by atoms with Gasteiger partial charge in [-0.15, -0.1) is 0 Å². The number of thiocarbonyl (C=S) groups is 2. The first-order valence-corrected chi connectivity index (χ1v) is 3.86. The quantitative estimate of drug-likeness (QED) is 0.497. The monoisotopic (exact) mass is 200 g/mol. The maximum Gasteiger partial charge on any atom is 0.0926 e.